The summed E-state index contributed by atoms with van der Waals surface area (Å²) in [5, 5.41) is 5.83. The van der Waals surface area contributed by atoms with E-state index in [0.717, 1.165) is 11.4 Å². The maximum absolute atomic E-state index is 5.78. The summed E-state index contributed by atoms with van der Waals surface area (Å²) < 4.78 is 0. The van der Waals surface area contributed by atoms with E-state index in [9.17, 15) is 0 Å². The van der Waals surface area contributed by atoms with Gasteiger partial charge in [-0.05, 0) is 48.5 Å². The molecule has 0 unspecified atom stereocenters. The Kier molecular flexibility index (Phi) is 3.14. The highest BCUT2D eigenvalue weighted by Crippen LogP contribution is 2.20. The van der Waals surface area contributed by atoms with E-state index in [1.807, 2.05) is 48.5 Å². The van der Waals surface area contributed by atoms with E-state index in [0.29, 0.717) is 10.0 Å². The van der Waals surface area contributed by atoms with Crippen molar-refractivity contribution in [2.24, 2.45) is 0 Å². The molecule has 2 aromatic carbocycles. The van der Waals surface area contributed by atoms with E-state index in [4.69, 9.17) is 23.2 Å². The van der Waals surface area contributed by atoms with Gasteiger partial charge in [0.05, 0.1) is 11.4 Å². The first-order valence-electron chi connectivity index (χ1n) is 4.47. The van der Waals surface area contributed by atoms with Gasteiger partial charge in [0, 0.05) is 10.0 Å². The highest BCUT2D eigenvalue weighted by molar-refractivity contribution is 6.30. The number of benzene rings is 2. The van der Waals surface area contributed by atoms with Crippen molar-refractivity contribution < 1.29 is 0 Å². The van der Waals surface area contributed by atoms with Crippen LogP contribution in [0.2, 0.25) is 10.0 Å². The molecule has 0 aliphatic carbocycles. The Balaban J connectivity index is 2.15. The van der Waals surface area contributed by atoms with Crippen molar-refractivity contribution in [2.75, 3.05) is 0 Å². The molecule has 2 rings (SSSR count). The lowest BCUT2D eigenvalue weighted by atomic mass is 10.3. The summed E-state index contributed by atoms with van der Waals surface area (Å²) in [4.78, 5) is 0. The molecule has 0 aliphatic heterocycles. The molecule has 0 aliphatic rings. The molecule has 2 aromatic rings. The second-order valence-electron chi connectivity index (χ2n) is 3.06. The zero-order valence-corrected chi connectivity index (χ0v) is 9.33. The molecule has 0 fully saturated rings. The summed E-state index contributed by atoms with van der Waals surface area (Å²) in [7, 11) is 0. The van der Waals surface area contributed by atoms with Crippen LogP contribution < -0.4 is 5.32 Å². The van der Waals surface area contributed by atoms with Gasteiger partial charge in [-0.2, -0.15) is 0 Å². The second kappa shape index (κ2) is 4.56. The third kappa shape index (κ3) is 2.88. The summed E-state index contributed by atoms with van der Waals surface area (Å²) in [6.07, 6.45) is 0. The number of rotatable bonds is 2. The van der Waals surface area contributed by atoms with E-state index in [1.165, 1.54) is 0 Å². The quantitative estimate of drug-likeness (QED) is 0.726. The maximum atomic E-state index is 5.78. The van der Waals surface area contributed by atoms with Crippen LogP contribution in [0.3, 0.4) is 0 Å². The Morgan fingerprint density at radius 1 is 0.600 bits per heavy atom. The fraction of sp³-hybridized carbons (Fsp3) is 0. The van der Waals surface area contributed by atoms with Crippen molar-refractivity contribution in [1.82, 2.24) is 5.32 Å². The SMILES string of the molecule is Clc1ccc([N]c2ccc(Cl)cc2)cc1. The number of nitrogens with zero attached hydrogens (tertiary/aromatic N) is 1. The van der Waals surface area contributed by atoms with Gasteiger partial charge in [0.25, 0.3) is 0 Å². The summed E-state index contributed by atoms with van der Waals surface area (Å²) >= 11 is 11.6. The average molecular weight is 237 g/mol. The summed E-state index contributed by atoms with van der Waals surface area (Å²) in [5.41, 5.74) is 1.75. The van der Waals surface area contributed by atoms with Gasteiger partial charge < -0.3 is 0 Å². The van der Waals surface area contributed by atoms with E-state index in [-0.39, 0.29) is 0 Å². The molecule has 0 bridgehead atoms. The fourth-order valence-electron chi connectivity index (χ4n) is 1.18. The van der Waals surface area contributed by atoms with Crippen molar-refractivity contribution in [3.8, 4) is 0 Å². The first kappa shape index (κ1) is 10.3. The smallest absolute Gasteiger partial charge is 0.0637 e. The molecule has 3 heteroatoms. The molecule has 0 spiro atoms. The molecule has 0 aromatic heterocycles. The van der Waals surface area contributed by atoms with E-state index in [2.05, 4.69) is 5.32 Å². The highest BCUT2D eigenvalue weighted by atomic mass is 35.5. The van der Waals surface area contributed by atoms with Gasteiger partial charge in [-0.3, -0.25) is 0 Å². The van der Waals surface area contributed by atoms with Gasteiger partial charge in [0.1, 0.15) is 0 Å². The van der Waals surface area contributed by atoms with Crippen molar-refractivity contribution >= 4 is 34.6 Å². The van der Waals surface area contributed by atoms with E-state index in [1.54, 1.807) is 0 Å². The highest BCUT2D eigenvalue weighted by Gasteiger charge is 1.96. The normalized spacial score (nSPS) is 10.0. The van der Waals surface area contributed by atoms with E-state index < -0.39 is 0 Å². The van der Waals surface area contributed by atoms with Crippen molar-refractivity contribution in [3.63, 3.8) is 0 Å². The Morgan fingerprint density at radius 2 is 0.933 bits per heavy atom. The van der Waals surface area contributed by atoms with Gasteiger partial charge in [-0.25, -0.2) is 5.32 Å². The average Bonchev–Trinajstić information content (AvgIpc) is 2.25. The number of hydrogen-bond donors (Lipinski definition) is 0. The van der Waals surface area contributed by atoms with Crippen LogP contribution in [0, 0.1) is 0 Å². The molecule has 0 atom stereocenters. The molecule has 75 valence electrons. The van der Waals surface area contributed by atoms with Gasteiger partial charge >= 0.3 is 0 Å². The molecule has 15 heavy (non-hydrogen) atoms. The van der Waals surface area contributed by atoms with Crippen LogP contribution in [0.15, 0.2) is 48.5 Å². The molecule has 0 N–H and O–H groups in total. The Bertz CT molecular complexity index is 391. The van der Waals surface area contributed by atoms with Gasteiger partial charge in [-0.1, -0.05) is 23.2 Å². The lowest BCUT2D eigenvalue weighted by Crippen LogP contribution is -1.87. The predicted molar refractivity (Wildman–Crippen MR) is 64.4 cm³/mol. The zero-order chi connectivity index (χ0) is 10.7. The van der Waals surface area contributed by atoms with Crippen LogP contribution in [0.25, 0.3) is 0 Å². The molecule has 0 heterocycles. The number of halogens is 2. The van der Waals surface area contributed by atoms with Crippen molar-refractivity contribution in [3.05, 3.63) is 58.6 Å². The standard InChI is InChI=1S/C12H8Cl2N/c13-9-1-5-11(6-2-9)15-12-7-3-10(14)4-8-12/h1-8H. The number of hydrogen-bond acceptors (Lipinski definition) is 0. The topological polar surface area (TPSA) is 14.1 Å². The lowest BCUT2D eigenvalue weighted by molar-refractivity contribution is 1.19. The third-order valence-corrected chi connectivity index (χ3v) is 2.42. The molecule has 1 nitrogen and oxygen atoms in total. The van der Waals surface area contributed by atoms with Crippen molar-refractivity contribution in [1.29, 1.82) is 0 Å². The first-order valence-corrected chi connectivity index (χ1v) is 5.22. The minimum Gasteiger partial charge on any atom is -0.249 e. The van der Waals surface area contributed by atoms with Gasteiger partial charge in [0.2, 0.25) is 0 Å². The summed E-state index contributed by atoms with van der Waals surface area (Å²) in [6, 6.07) is 14.8. The summed E-state index contributed by atoms with van der Waals surface area (Å²) in [5.74, 6) is 0. The first-order chi connectivity index (χ1) is 7.24. The van der Waals surface area contributed by atoms with E-state index >= 15 is 0 Å². The van der Waals surface area contributed by atoms with Crippen LogP contribution in [0.4, 0.5) is 11.4 Å². The van der Waals surface area contributed by atoms with Crippen molar-refractivity contribution in [2.45, 2.75) is 0 Å². The minimum absolute atomic E-state index is 0.713. The van der Waals surface area contributed by atoms with Gasteiger partial charge in [0.15, 0.2) is 0 Å². The molecule has 0 amide bonds. The lowest BCUT2D eigenvalue weighted by Gasteiger charge is -2.02. The van der Waals surface area contributed by atoms with Crippen LogP contribution in [0.5, 0.6) is 0 Å². The molecular weight excluding hydrogens is 229 g/mol. The Hall–Kier alpha value is -1.18. The predicted octanol–water partition coefficient (Wildman–Crippen LogP) is 4.56. The molecular formula is C12H8Cl2N. The van der Waals surface area contributed by atoms with Crippen LogP contribution in [-0.2, 0) is 0 Å². The Morgan fingerprint density at radius 3 is 1.27 bits per heavy atom. The van der Waals surface area contributed by atoms with Gasteiger partial charge in [-0.15, -0.1) is 0 Å². The van der Waals surface area contributed by atoms with Crippen LogP contribution in [0.1, 0.15) is 0 Å². The monoisotopic (exact) mass is 236 g/mol. The molecule has 0 saturated carbocycles. The third-order valence-electron chi connectivity index (χ3n) is 1.91. The van der Waals surface area contributed by atoms with Crippen LogP contribution in [-0.4, -0.2) is 0 Å². The maximum Gasteiger partial charge on any atom is 0.0637 e. The second-order valence-corrected chi connectivity index (χ2v) is 3.94. The molecule has 1 radical (unpaired) electrons. The fourth-order valence-corrected chi connectivity index (χ4v) is 1.43. The summed E-state index contributed by atoms with van der Waals surface area (Å²) in [6.45, 7) is 0. The largest absolute Gasteiger partial charge is 0.249 e. The van der Waals surface area contributed by atoms with Crippen LogP contribution >= 0.6 is 23.2 Å². The molecule has 0 saturated heterocycles. The zero-order valence-electron chi connectivity index (χ0n) is 7.82. The minimum atomic E-state index is 0.713. The Labute approximate surface area is 98.6 Å².